The van der Waals surface area contributed by atoms with Gasteiger partial charge in [-0.2, -0.15) is 13.2 Å². The number of carbonyl (C=O) groups excluding carboxylic acids is 1. The number of para-hydroxylation sites is 1. The van der Waals surface area contributed by atoms with Crippen LogP contribution in [-0.4, -0.2) is 29.2 Å². The SMILES string of the molecule is CC(C)(CO)COc1ccc(C(F)(F)F)cc1C(N)=O.c1ccc2[nH]ccc2c1. The Balaban J connectivity index is 0.000000272. The number of nitrogens with one attached hydrogen (secondary N) is 1. The fraction of sp³-hybridized carbons (Fsp3) is 0.286. The molecule has 0 atom stereocenters. The molecule has 1 heterocycles. The van der Waals surface area contributed by atoms with E-state index in [4.69, 9.17) is 15.6 Å². The zero-order valence-electron chi connectivity index (χ0n) is 16.1. The van der Waals surface area contributed by atoms with Crippen molar-refractivity contribution >= 4 is 16.8 Å². The van der Waals surface area contributed by atoms with Crippen LogP contribution in [0.15, 0.2) is 54.7 Å². The average molecular weight is 408 g/mol. The van der Waals surface area contributed by atoms with Crippen molar-refractivity contribution in [2.75, 3.05) is 13.2 Å². The van der Waals surface area contributed by atoms with Crippen LogP contribution in [0.5, 0.6) is 5.75 Å². The summed E-state index contributed by atoms with van der Waals surface area (Å²) in [5.41, 5.74) is 4.37. The first kappa shape index (κ1) is 22.3. The number of aliphatic hydroxyl groups excluding tert-OH is 1. The number of alkyl halides is 3. The molecule has 0 saturated heterocycles. The van der Waals surface area contributed by atoms with Crippen LogP contribution in [0.2, 0.25) is 0 Å². The van der Waals surface area contributed by atoms with E-state index in [1.807, 2.05) is 18.3 Å². The Labute approximate surface area is 166 Å². The van der Waals surface area contributed by atoms with Crippen LogP contribution in [0.3, 0.4) is 0 Å². The van der Waals surface area contributed by atoms with E-state index in [0.717, 1.165) is 12.1 Å². The molecule has 29 heavy (non-hydrogen) atoms. The van der Waals surface area contributed by atoms with Crippen molar-refractivity contribution in [3.05, 3.63) is 65.9 Å². The summed E-state index contributed by atoms with van der Waals surface area (Å²) in [6, 6.07) is 12.8. The van der Waals surface area contributed by atoms with E-state index >= 15 is 0 Å². The molecule has 3 rings (SSSR count). The van der Waals surface area contributed by atoms with Gasteiger partial charge in [0.25, 0.3) is 5.91 Å². The van der Waals surface area contributed by atoms with Crippen LogP contribution in [0, 0.1) is 5.41 Å². The third-order valence-corrected chi connectivity index (χ3v) is 4.08. The second-order valence-electron chi connectivity index (χ2n) is 7.25. The zero-order valence-corrected chi connectivity index (χ0v) is 16.1. The van der Waals surface area contributed by atoms with Gasteiger partial charge in [0.2, 0.25) is 0 Å². The largest absolute Gasteiger partial charge is 0.492 e. The van der Waals surface area contributed by atoms with Crippen LogP contribution < -0.4 is 10.5 Å². The number of aliphatic hydroxyl groups is 1. The molecule has 0 saturated carbocycles. The zero-order chi connectivity index (χ0) is 21.7. The van der Waals surface area contributed by atoms with Crippen LogP contribution in [-0.2, 0) is 6.18 Å². The molecule has 0 radical (unpaired) electrons. The summed E-state index contributed by atoms with van der Waals surface area (Å²) >= 11 is 0. The van der Waals surface area contributed by atoms with Gasteiger partial charge in [-0.05, 0) is 35.7 Å². The van der Waals surface area contributed by atoms with E-state index in [2.05, 4.69) is 23.2 Å². The van der Waals surface area contributed by atoms with Crippen molar-refractivity contribution in [3.63, 3.8) is 0 Å². The Morgan fingerprint density at radius 3 is 2.41 bits per heavy atom. The van der Waals surface area contributed by atoms with Gasteiger partial charge in [-0.15, -0.1) is 0 Å². The third kappa shape index (κ3) is 6.25. The van der Waals surface area contributed by atoms with Crippen LogP contribution in [0.4, 0.5) is 13.2 Å². The molecule has 3 aromatic rings. The Bertz CT molecular complexity index is 935. The van der Waals surface area contributed by atoms with E-state index in [-0.39, 0.29) is 24.5 Å². The van der Waals surface area contributed by atoms with Crippen LogP contribution >= 0.6 is 0 Å². The van der Waals surface area contributed by atoms with E-state index in [0.29, 0.717) is 6.07 Å². The number of rotatable bonds is 5. The fourth-order valence-electron chi connectivity index (χ4n) is 2.34. The summed E-state index contributed by atoms with van der Waals surface area (Å²) in [7, 11) is 0. The highest BCUT2D eigenvalue weighted by atomic mass is 19.4. The molecule has 8 heteroatoms. The lowest BCUT2D eigenvalue weighted by molar-refractivity contribution is -0.137. The number of hydrogen-bond acceptors (Lipinski definition) is 3. The molecule has 0 aliphatic heterocycles. The second kappa shape index (κ2) is 9.00. The highest BCUT2D eigenvalue weighted by Gasteiger charge is 2.32. The molecule has 4 N–H and O–H groups in total. The summed E-state index contributed by atoms with van der Waals surface area (Å²) in [4.78, 5) is 14.3. The molecule has 0 fully saturated rings. The average Bonchev–Trinajstić information content (AvgIpc) is 3.15. The number of aromatic nitrogens is 1. The van der Waals surface area contributed by atoms with Crippen molar-refractivity contribution in [2.45, 2.75) is 20.0 Å². The van der Waals surface area contributed by atoms with Crippen molar-refractivity contribution in [3.8, 4) is 5.75 Å². The van der Waals surface area contributed by atoms with Crippen molar-refractivity contribution in [1.29, 1.82) is 0 Å². The molecule has 0 aliphatic carbocycles. The third-order valence-electron chi connectivity index (χ3n) is 4.08. The van der Waals surface area contributed by atoms with Gasteiger partial charge < -0.3 is 20.6 Å². The summed E-state index contributed by atoms with van der Waals surface area (Å²) < 4.78 is 43.0. The van der Waals surface area contributed by atoms with Crippen molar-refractivity contribution < 1.29 is 27.8 Å². The second-order valence-corrected chi connectivity index (χ2v) is 7.25. The number of ether oxygens (including phenoxy) is 1. The van der Waals surface area contributed by atoms with E-state index in [1.165, 1.54) is 10.9 Å². The molecule has 2 aromatic carbocycles. The molecular weight excluding hydrogens is 385 g/mol. The first-order valence-electron chi connectivity index (χ1n) is 8.80. The van der Waals surface area contributed by atoms with Gasteiger partial charge in [-0.3, -0.25) is 4.79 Å². The number of benzene rings is 2. The first-order valence-corrected chi connectivity index (χ1v) is 8.80. The Morgan fingerprint density at radius 1 is 1.14 bits per heavy atom. The highest BCUT2D eigenvalue weighted by Crippen LogP contribution is 2.33. The number of primary amides is 1. The maximum atomic E-state index is 12.6. The summed E-state index contributed by atoms with van der Waals surface area (Å²) in [6.45, 7) is 3.29. The van der Waals surface area contributed by atoms with Gasteiger partial charge in [0.1, 0.15) is 5.75 Å². The normalized spacial score (nSPS) is 11.7. The highest BCUT2D eigenvalue weighted by molar-refractivity contribution is 5.95. The summed E-state index contributed by atoms with van der Waals surface area (Å²) in [6.07, 6.45) is -2.61. The molecule has 0 spiro atoms. The smallest absolute Gasteiger partial charge is 0.416 e. The maximum absolute atomic E-state index is 12.6. The van der Waals surface area contributed by atoms with Gasteiger partial charge in [0.05, 0.1) is 24.3 Å². The maximum Gasteiger partial charge on any atom is 0.416 e. The molecular formula is C21H23F3N2O3. The van der Waals surface area contributed by atoms with Gasteiger partial charge in [-0.25, -0.2) is 0 Å². The monoisotopic (exact) mass is 408 g/mol. The lowest BCUT2D eigenvalue weighted by atomic mass is 9.96. The minimum atomic E-state index is -4.56. The van der Waals surface area contributed by atoms with Gasteiger partial charge >= 0.3 is 6.18 Å². The first-order chi connectivity index (χ1) is 13.5. The quantitative estimate of drug-likeness (QED) is 0.586. The fourth-order valence-corrected chi connectivity index (χ4v) is 2.34. The number of halogens is 3. The molecule has 0 unspecified atom stereocenters. The number of amides is 1. The van der Waals surface area contributed by atoms with Crippen LogP contribution in [0.25, 0.3) is 10.9 Å². The summed E-state index contributed by atoms with van der Waals surface area (Å²) in [5, 5.41) is 10.4. The van der Waals surface area contributed by atoms with Crippen molar-refractivity contribution in [1.82, 2.24) is 4.98 Å². The standard InChI is InChI=1S/C13H16F3NO3.C8H7N/c1-12(2,6-18)7-20-10-4-3-8(13(14,15)16)5-9(10)11(17)19;1-2-4-8-7(3-1)5-6-9-8/h3-5,18H,6-7H2,1-2H3,(H2,17,19);1-6,9H. The predicted octanol–water partition coefficient (Wildman–Crippen LogP) is 4.37. The Morgan fingerprint density at radius 2 is 1.83 bits per heavy atom. The van der Waals surface area contributed by atoms with Crippen molar-refractivity contribution in [2.24, 2.45) is 11.1 Å². The Hall–Kier alpha value is -3.00. The summed E-state index contributed by atoms with van der Waals surface area (Å²) in [5.74, 6) is -1.04. The number of aromatic amines is 1. The molecule has 0 bridgehead atoms. The minimum Gasteiger partial charge on any atom is -0.492 e. The molecule has 1 aromatic heterocycles. The van der Waals surface area contributed by atoms with Gasteiger partial charge in [0, 0.05) is 17.1 Å². The predicted molar refractivity (Wildman–Crippen MR) is 105 cm³/mol. The molecule has 1 amide bonds. The van der Waals surface area contributed by atoms with Gasteiger partial charge in [0.15, 0.2) is 0 Å². The molecule has 5 nitrogen and oxygen atoms in total. The number of fused-ring (bicyclic) bond motifs is 1. The number of H-pyrrole nitrogens is 1. The lowest BCUT2D eigenvalue weighted by Crippen LogP contribution is -2.26. The lowest BCUT2D eigenvalue weighted by Gasteiger charge is -2.22. The molecule has 156 valence electrons. The molecule has 0 aliphatic rings. The number of carbonyl (C=O) groups is 1. The topological polar surface area (TPSA) is 88.3 Å². The van der Waals surface area contributed by atoms with Crippen LogP contribution in [0.1, 0.15) is 29.8 Å². The Kier molecular flexibility index (Phi) is 6.92. The van der Waals surface area contributed by atoms with E-state index in [9.17, 15) is 18.0 Å². The van der Waals surface area contributed by atoms with E-state index in [1.54, 1.807) is 13.8 Å². The van der Waals surface area contributed by atoms with Gasteiger partial charge in [-0.1, -0.05) is 32.0 Å². The number of nitrogens with two attached hydrogens (primary N) is 1. The van der Waals surface area contributed by atoms with E-state index < -0.39 is 23.1 Å². The number of hydrogen-bond donors (Lipinski definition) is 3. The minimum absolute atomic E-state index is 0.0352.